The Morgan fingerprint density at radius 2 is 1.27 bits per heavy atom. The average molecular weight is 506 g/mol. The minimum Gasteiger partial charge on any atom is -0.497 e. The first-order valence-electron chi connectivity index (χ1n) is 12.3. The van der Waals surface area contributed by atoms with Crippen molar-refractivity contribution in [2.75, 3.05) is 27.3 Å². The van der Waals surface area contributed by atoms with Crippen molar-refractivity contribution in [2.24, 2.45) is 0 Å². The zero-order chi connectivity index (χ0) is 26.6. The molecule has 196 valence electrons. The number of nitrogens with zero attached hydrogens (tertiary/aromatic N) is 1. The van der Waals surface area contributed by atoms with E-state index >= 15 is 0 Å². The summed E-state index contributed by atoms with van der Waals surface area (Å²) in [5, 5.41) is 11.1. The van der Waals surface area contributed by atoms with Crippen molar-refractivity contribution in [3.8, 4) is 11.5 Å². The molecule has 7 nitrogen and oxygen atoms in total. The number of carbonyl (C=O) groups is 1. The van der Waals surface area contributed by atoms with Crippen LogP contribution >= 0.6 is 0 Å². The molecule has 0 bridgehead atoms. The first-order chi connectivity index (χ1) is 17.7. The molecule has 1 heterocycles. The van der Waals surface area contributed by atoms with E-state index in [1.807, 2.05) is 99.6 Å². The van der Waals surface area contributed by atoms with Crippen molar-refractivity contribution in [1.29, 1.82) is 0 Å². The van der Waals surface area contributed by atoms with Crippen LogP contribution in [0.15, 0.2) is 78.9 Å². The van der Waals surface area contributed by atoms with Gasteiger partial charge in [0.1, 0.15) is 28.8 Å². The van der Waals surface area contributed by atoms with E-state index in [0.29, 0.717) is 0 Å². The van der Waals surface area contributed by atoms with Crippen LogP contribution in [-0.2, 0) is 15.1 Å². The third kappa shape index (κ3) is 5.73. The highest BCUT2D eigenvalue weighted by atomic mass is 16.6. The molecule has 2 atom stereocenters. The molecule has 0 radical (unpaired) electrons. The summed E-state index contributed by atoms with van der Waals surface area (Å²) in [4.78, 5) is 14.3. The van der Waals surface area contributed by atoms with Crippen LogP contribution in [0.3, 0.4) is 0 Å². The second-order valence-corrected chi connectivity index (χ2v) is 10.1. The molecule has 1 amide bonds. The Labute approximate surface area is 218 Å². The Kier molecular flexibility index (Phi) is 7.76. The van der Waals surface area contributed by atoms with Crippen LogP contribution < -0.4 is 9.47 Å². The summed E-state index contributed by atoms with van der Waals surface area (Å²) in [6.07, 6.45) is -2.04. The van der Waals surface area contributed by atoms with E-state index in [-0.39, 0.29) is 13.1 Å². The molecule has 1 fully saturated rings. The number of ether oxygens (including phenoxy) is 4. The number of hydrogen-bond donors (Lipinski definition) is 1. The SMILES string of the molecule is COc1ccc(C(O[C@@H]2CN(C(=O)OC(C)(C)C)C[C@H]2O)(c2ccccc2)c2ccc(OC)cc2)cc1. The topological polar surface area (TPSA) is 77.5 Å². The molecule has 0 aromatic heterocycles. The van der Waals surface area contributed by atoms with Gasteiger partial charge in [0.2, 0.25) is 0 Å². The maximum Gasteiger partial charge on any atom is 0.410 e. The van der Waals surface area contributed by atoms with Crippen molar-refractivity contribution in [2.45, 2.75) is 44.2 Å². The van der Waals surface area contributed by atoms with Gasteiger partial charge >= 0.3 is 6.09 Å². The van der Waals surface area contributed by atoms with Gasteiger partial charge in [0.25, 0.3) is 0 Å². The van der Waals surface area contributed by atoms with E-state index < -0.39 is 29.5 Å². The summed E-state index contributed by atoms with van der Waals surface area (Å²) in [6.45, 7) is 5.77. The van der Waals surface area contributed by atoms with Crippen LogP contribution in [0.4, 0.5) is 4.79 Å². The molecule has 1 N–H and O–H groups in total. The quantitative estimate of drug-likeness (QED) is 0.456. The normalized spacial score (nSPS) is 17.9. The maximum absolute atomic E-state index is 12.8. The number of amides is 1. The van der Waals surface area contributed by atoms with Crippen LogP contribution in [0.5, 0.6) is 11.5 Å². The highest BCUT2D eigenvalue weighted by molar-refractivity contribution is 5.68. The molecular formula is C30H35NO6. The number of aliphatic hydroxyl groups is 1. The van der Waals surface area contributed by atoms with Crippen LogP contribution in [-0.4, -0.2) is 61.2 Å². The minimum atomic E-state index is -1.09. The number of carbonyl (C=O) groups excluding carboxylic acids is 1. The third-order valence-corrected chi connectivity index (χ3v) is 6.39. The van der Waals surface area contributed by atoms with Gasteiger partial charge in [-0.3, -0.25) is 0 Å². The number of likely N-dealkylation sites (tertiary alicyclic amines) is 1. The fourth-order valence-electron chi connectivity index (χ4n) is 4.60. The van der Waals surface area contributed by atoms with Crippen molar-refractivity contribution in [3.05, 3.63) is 95.6 Å². The van der Waals surface area contributed by atoms with Crippen LogP contribution in [0.1, 0.15) is 37.5 Å². The summed E-state index contributed by atoms with van der Waals surface area (Å²) in [6, 6.07) is 25.3. The summed E-state index contributed by atoms with van der Waals surface area (Å²) in [5.41, 5.74) is 0.865. The van der Waals surface area contributed by atoms with Gasteiger partial charge < -0.3 is 29.0 Å². The summed E-state index contributed by atoms with van der Waals surface area (Å²) >= 11 is 0. The van der Waals surface area contributed by atoms with Gasteiger partial charge in [0.15, 0.2) is 0 Å². The number of β-amino-alcohol motifs (C(OH)–C–C–N with tert-alkyl or cyclic N) is 1. The predicted octanol–water partition coefficient (Wildman–Crippen LogP) is 4.99. The molecule has 1 aliphatic rings. The van der Waals surface area contributed by atoms with Crippen molar-refractivity contribution >= 4 is 6.09 Å². The fourth-order valence-corrected chi connectivity index (χ4v) is 4.60. The van der Waals surface area contributed by atoms with Crippen molar-refractivity contribution in [3.63, 3.8) is 0 Å². The van der Waals surface area contributed by atoms with Crippen LogP contribution in [0.25, 0.3) is 0 Å². The van der Waals surface area contributed by atoms with Crippen molar-refractivity contribution in [1.82, 2.24) is 4.90 Å². The van der Waals surface area contributed by atoms with Gasteiger partial charge in [-0.2, -0.15) is 0 Å². The lowest BCUT2D eigenvalue weighted by atomic mass is 9.79. The lowest BCUT2D eigenvalue weighted by Crippen LogP contribution is -2.41. The first-order valence-corrected chi connectivity index (χ1v) is 12.3. The Morgan fingerprint density at radius 3 is 1.73 bits per heavy atom. The monoisotopic (exact) mass is 505 g/mol. The van der Waals surface area contributed by atoms with Gasteiger partial charge in [-0.25, -0.2) is 4.79 Å². The smallest absolute Gasteiger partial charge is 0.410 e. The number of benzene rings is 3. The number of rotatable bonds is 7. The maximum atomic E-state index is 12.8. The fraction of sp³-hybridized carbons (Fsp3) is 0.367. The molecular weight excluding hydrogens is 470 g/mol. The molecule has 0 unspecified atom stereocenters. The van der Waals surface area contributed by atoms with Gasteiger partial charge in [-0.15, -0.1) is 0 Å². The van der Waals surface area contributed by atoms with E-state index in [9.17, 15) is 9.90 Å². The molecule has 3 aromatic carbocycles. The van der Waals surface area contributed by atoms with Crippen LogP contribution in [0.2, 0.25) is 0 Å². The lowest BCUT2D eigenvalue weighted by Gasteiger charge is -2.39. The molecule has 0 spiro atoms. The van der Waals surface area contributed by atoms with Crippen molar-refractivity contribution < 1.29 is 28.8 Å². The molecule has 1 aliphatic heterocycles. The average Bonchev–Trinajstić information content (AvgIpc) is 3.27. The molecule has 0 aliphatic carbocycles. The predicted molar refractivity (Wildman–Crippen MR) is 141 cm³/mol. The lowest BCUT2D eigenvalue weighted by molar-refractivity contribution is -0.0817. The highest BCUT2D eigenvalue weighted by Crippen LogP contribution is 2.43. The highest BCUT2D eigenvalue weighted by Gasteiger charge is 2.45. The Balaban J connectivity index is 1.81. The van der Waals surface area contributed by atoms with E-state index in [4.69, 9.17) is 18.9 Å². The molecule has 37 heavy (non-hydrogen) atoms. The number of hydrogen-bond acceptors (Lipinski definition) is 6. The Morgan fingerprint density at radius 1 is 0.784 bits per heavy atom. The van der Waals surface area contributed by atoms with Gasteiger partial charge in [-0.1, -0.05) is 54.6 Å². The van der Waals surface area contributed by atoms with E-state index in [1.165, 1.54) is 4.90 Å². The summed E-state index contributed by atoms with van der Waals surface area (Å²) in [5.74, 6) is 1.44. The molecule has 7 heteroatoms. The zero-order valence-electron chi connectivity index (χ0n) is 22.0. The van der Waals surface area contributed by atoms with Gasteiger partial charge in [0.05, 0.1) is 33.4 Å². The van der Waals surface area contributed by atoms with E-state index in [1.54, 1.807) is 14.2 Å². The molecule has 0 saturated carbocycles. The molecule has 4 rings (SSSR count). The standard InChI is InChI=1S/C30H35NO6/c1-29(2,3)37-28(33)31-19-26(32)27(20-31)36-30(21-9-7-6-8-10-21,22-11-15-24(34-4)16-12-22)23-13-17-25(35-5)18-14-23/h6-18,26-27,32H,19-20H2,1-5H3/t26-,27-/m1/s1. The van der Waals surface area contributed by atoms with Gasteiger partial charge in [0, 0.05) is 0 Å². The Bertz CT molecular complexity index is 1120. The Hall–Kier alpha value is -3.55. The largest absolute Gasteiger partial charge is 0.497 e. The van der Waals surface area contributed by atoms with E-state index in [2.05, 4.69) is 0 Å². The van der Waals surface area contributed by atoms with E-state index in [0.717, 1.165) is 28.2 Å². The second-order valence-electron chi connectivity index (χ2n) is 10.1. The summed E-state index contributed by atoms with van der Waals surface area (Å²) in [7, 11) is 3.25. The third-order valence-electron chi connectivity index (χ3n) is 6.39. The summed E-state index contributed by atoms with van der Waals surface area (Å²) < 4.78 is 23.3. The molecule has 1 saturated heterocycles. The zero-order valence-corrected chi connectivity index (χ0v) is 22.0. The minimum absolute atomic E-state index is 0.121. The number of methoxy groups -OCH3 is 2. The second kappa shape index (κ2) is 10.8. The number of aliphatic hydroxyl groups excluding tert-OH is 1. The van der Waals surface area contributed by atoms with Crippen LogP contribution in [0, 0.1) is 0 Å². The first kappa shape index (κ1) is 26.5. The molecule has 3 aromatic rings. The van der Waals surface area contributed by atoms with Gasteiger partial charge in [-0.05, 0) is 61.7 Å².